The number of amides is 3. The molecule has 0 bridgehead atoms. The Morgan fingerprint density at radius 1 is 1.12 bits per heavy atom. The van der Waals surface area contributed by atoms with E-state index < -0.39 is 0 Å². The molecule has 1 aromatic carbocycles. The van der Waals surface area contributed by atoms with E-state index >= 15 is 0 Å². The van der Waals surface area contributed by atoms with Crippen molar-refractivity contribution in [1.82, 2.24) is 15.1 Å². The largest absolute Gasteiger partial charge is 0.348 e. The summed E-state index contributed by atoms with van der Waals surface area (Å²) in [6, 6.07) is 5.50. The van der Waals surface area contributed by atoms with Crippen LogP contribution in [0.2, 0.25) is 0 Å². The second-order valence-electron chi connectivity index (χ2n) is 7.55. The van der Waals surface area contributed by atoms with Crippen molar-refractivity contribution in [2.24, 2.45) is 5.92 Å². The summed E-state index contributed by atoms with van der Waals surface area (Å²) in [6.45, 7) is 3.59. The highest BCUT2D eigenvalue weighted by molar-refractivity contribution is 6.09. The predicted molar refractivity (Wildman–Crippen MR) is 96.7 cm³/mol. The Hall–Kier alpha value is -2.37. The molecular weight excluding hydrogens is 330 g/mol. The molecular formula is C20H25N3O3. The summed E-state index contributed by atoms with van der Waals surface area (Å²) in [5.41, 5.74) is 1.96. The lowest BCUT2D eigenvalue weighted by Crippen LogP contribution is -2.44. The number of nitrogens with one attached hydrogen (secondary N) is 1. The third kappa shape index (κ3) is 3.20. The zero-order valence-corrected chi connectivity index (χ0v) is 15.0. The number of fused-ring (bicyclic) bond motifs is 1. The van der Waals surface area contributed by atoms with Crippen molar-refractivity contribution in [3.8, 4) is 0 Å². The van der Waals surface area contributed by atoms with Crippen LogP contribution in [0.25, 0.3) is 0 Å². The monoisotopic (exact) mass is 355 g/mol. The Labute approximate surface area is 153 Å². The van der Waals surface area contributed by atoms with Gasteiger partial charge in [-0.05, 0) is 43.2 Å². The number of carbonyl (C=O) groups excluding carboxylic acids is 3. The van der Waals surface area contributed by atoms with Gasteiger partial charge in [-0.1, -0.05) is 12.1 Å². The smallest absolute Gasteiger partial charge is 0.254 e. The Kier molecular flexibility index (Phi) is 4.66. The van der Waals surface area contributed by atoms with Crippen molar-refractivity contribution >= 4 is 17.7 Å². The quantitative estimate of drug-likeness (QED) is 0.899. The summed E-state index contributed by atoms with van der Waals surface area (Å²) in [7, 11) is 0. The van der Waals surface area contributed by atoms with E-state index in [2.05, 4.69) is 5.32 Å². The molecule has 0 aromatic heterocycles. The lowest BCUT2D eigenvalue weighted by molar-refractivity contribution is -0.134. The van der Waals surface area contributed by atoms with Crippen LogP contribution < -0.4 is 5.32 Å². The minimum atomic E-state index is -0.151. The molecule has 6 heteroatoms. The van der Waals surface area contributed by atoms with Crippen LogP contribution in [0, 0.1) is 5.92 Å². The van der Waals surface area contributed by atoms with Crippen LogP contribution in [0.15, 0.2) is 18.2 Å². The molecule has 0 spiro atoms. The fourth-order valence-electron chi connectivity index (χ4n) is 4.31. The van der Waals surface area contributed by atoms with Crippen molar-refractivity contribution in [1.29, 1.82) is 0 Å². The van der Waals surface area contributed by atoms with Crippen LogP contribution in [-0.4, -0.2) is 53.7 Å². The van der Waals surface area contributed by atoms with Gasteiger partial charge in [0.25, 0.3) is 11.8 Å². The number of carbonyl (C=O) groups is 3. The first-order valence-corrected chi connectivity index (χ1v) is 9.60. The van der Waals surface area contributed by atoms with Crippen LogP contribution in [0.5, 0.6) is 0 Å². The highest BCUT2D eigenvalue weighted by Gasteiger charge is 2.31. The number of rotatable bonds is 3. The van der Waals surface area contributed by atoms with Crippen LogP contribution in [-0.2, 0) is 11.3 Å². The second kappa shape index (κ2) is 7.09. The first-order chi connectivity index (χ1) is 12.6. The summed E-state index contributed by atoms with van der Waals surface area (Å²) in [6.07, 6.45) is 4.62. The van der Waals surface area contributed by atoms with Gasteiger partial charge >= 0.3 is 0 Å². The lowest BCUT2D eigenvalue weighted by atomic mass is 9.94. The van der Waals surface area contributed by atoms with Gasteiger partial charge < -0.3 is 15.1 Å². The number of nitrogens with zero attached hydrogens (tertiary/aromatic N) is 2. The van der Waals surface area contributed by atoms with Gasteiger partial charge in [-0.2, -0.15) is 0 Å². The molecule has 0 radical (unpaired) electrons. The molecule has 0 atom stereocenters. The van der Waals surface area contributed by atoms with Crippen molar-refractivity contribution in [3.05, 3.63) is 34.9 Å². The maximum Gasteiger partial charge on any atom is 0.254 e. The molecule has 6 nitrogen and oxygen atoms in total. The molecule has 2 saturated heterocycles. The van der Waals surface area contributed by atoms with Gasteiger partial charge in [0.15, 0.2) is 0 Å². The minimum Gasteiger partial charge on any atom is -0.348 e. The average Bonchev–Trinajstić information content (AvgIpc) is 3.05. The maximum atomic E-state index is 12.9. The van der Waals surface area contributed by atoms with Gasteiger partial charge in [0.05, 0.1) is 11.1 Å². The van der Waals surface area contributed by atoms with Gasteiger partial charge in [-0.3, -0.25) is 14.4 Å². The summed E-state index contributed by atoms with van der Waals surface area (Å²) in [5, 5.41) is 2.79. The van der Waals surface area contributed by atoms with Crippen LogP contribution in [0.3, 0.4) is 0 Å². The number of hydrogen-bond acceptors (Lipinski definition) is 3. The fourth-order valence-corrected chi connectivity index (χ4v) is 4.31. The van der Waals surface area contributed by atoms with E-state index in [1.54, 1.807) is 6.07 Å². The van der Waals surface area contributed by atoms with Crippen LogP contribution >= 0.6 is 0 Å². The second-order valence-corrected chi connectivity index (χ2v) is 7.55. The van der Waals surface area contributed by atoms with Gasteiger partial charge in [0.2, 0.25) is 5.91 Å². The molecule has 26 heavy (non-hydrogen) atoms. The number of benzene rings is 1. The predicted octanol–water partition coefficient (Wildman–Crippen LogP) is 1.79. The first kappa shape index (κ1) is 17.1. The summed E-state index contributed by atoms with van der Waals surface area (Å²) in [4.78, 5) is 40.8. The van der Waals surface area contributed by atoms with Gasteiger partial charge in [0.1, 0.15) is 0 Å². The normalized spacial score (nSPS) is 20.9. The molecule has 3 aliphatic heterocycles. The topological polar surface area (TPSA) is 69.7 Å². The van der Waals surface area contributed by atoms with Gasteiger partial charge in [-0.25, -0.2) is 0 Å². The summed E-state index contributed by atoms with van der Waals surface area (Å²) < 4.78 is 0. The zero-order valence-electron chi connectivity index (χ0n) is 15.0. The molecule has 0 saturated carbocycles. The van der Waals surface area contributed by atoms with Crippen molar-refractivity contribution in [2.75, 3.05) is 26.2 Å². The van der Waals surface area contributed by atoms with Crippen molar-refractivity contribution < 1.29 is 14.4 Å². The van der Waals surface area contributed by atoms with Gasteiger partial charge in [0, 0.05) is 39.1 Å². The van der Waals surface area contributed by atoms with Crippen molar-refractivity contribution in [2.45, 2.75) is 38.6 Å². The third-order valence-electron chi connectivity index (χ3n) is 5.85. The molecule has 4 rings (SSSR count). The van der Waals surface area contributed by atoms with Crippen LogP contribution in [0.4, 0.5) is 0 Å². The van der Waals surface area contributed by atoms with E-state index in [4.69, 9.17) is 0 Å². The zero-order chi connectivity index (χ0) is 18.1. The molecule has 1 aromatic rings. The number of hydrogen-bond donors (Lipinski definition) is 1. The Bertz CT molecular complexity index is 738. The third-order valence-corrected chi connectivity index (χ3v) is 5.85. The van der Waals surface area contributed by atoms with E-state index in [-0.39, 0.29) is 17.7 Å². The molecule has 3 heterocycles. The molecule has 1 N–H and O–H groups in total. The van der Waals surface area contributed by atoms with E-state index in [1.165, 1.54) is 0 Å². The summed E-state index contributed by atoms with van der Waals surface area (Å²) >= 11 is 0. The molecule has 138 valence electrons. The van der Waals surface area contributed by atoms with Crippen molar-refractivity contribution in [3.63, 3.8) is 0 Å². The summed E-state index contributed by atoms with van der Waals surface area (Å²) in [5.74, 6) is 0.542. The SMILES string of the molecule is O=C1NCc2cccc(C(=O)N3CCC(CN4CCCCC4=O)CC3)c21. The average molecular weight is 355 g/mol. The molecule has 2 fully saturated rings. The Balaban J connectivity index is 1.38. The maximum absolute atomic E-state index is 12.9. The first-order valence-electron chi connectivity index (χ1n) is 9.60. The minimum absolute atomic E-state index is 0.0496. The van der Waals surface area contributed by atoms with E-state index in [0.717, 1.165) is 44.3 Å². The fraction of sp³-hybridized carbons (Fsp3) is 0.550. The van der Waals surface area contributed by atoms with E-state index in [0.29, 0.717) is 43.1 Å². The Morgan fingerprint density at radius 2 is 1.92 bits per heavy atom. The van der Waals surface area contributed by atoms with Crippen LogP contribution in [0.1, 0.15) is 58.4 Å². The van der Waals surface area contributed by atoms with E-state index in [1.807, 2.05) is 21.9 Å². The number of piperidine rings is 2. The molecule has 3 amide bonds. The Morgan fingerprint density at radius 3 is 2.69 bits per heavy atom. The van der Waals surface area contributed by atoms with E-state index in [9.17, 15) is 14.4 Å². The highest BCUT2D eigenvalue weighted by atomic mass is 16.2. The van der Waals surface area contributed by atoms with Gasteiger partial charge in [-0.15, -0.1) is 0 Å². The molecule has 0 unspecified atom stereocenters. The molecule has 3 aliphatic rings. The number of likely N-dealkylation sites (tertiary alicyclic amines) is 2. The lowest BCUT2D eigenvalue weighted by Gasteiger charge is -2.36. The standard InChI is InChI=1S/C20H25N3O3/c24-17-6-1-2-9-23(17)13-14-7-10-22(11-8-14)20(26)16-5-3-4-15-12-21-19(25)18(15)16/h3-5,14H,1-2,6-13H2,(H,21,25). The highest BCUT2D eigenvalue weighted by Crippen LogP contribution is 2.25. The molecule has 0 aliphatic carbocycles.